The Bertz CT molecular complexity index is 1540. The first-order chi connectivity index (χ1) is 16.2. The van der Waals surface area contributed by atoms with Crippen molar-refractivity contribution in [1.29, 1.82) is 0 Å². The van der Waals surface area contributed by atoms with Crippen molar-refractivity contribution in [2.24, 2.45) is 0 Å². The van der Waals surface area contributed by atoms with Crippen LogP contribution in [0.1, 0.15) is 59.1 Å². The summed E-state index contributed by atoms with van der Waals surface area (Å²) in [6.07, 6.45) is 9.79. The van der Waals surface area contributed by atoms with Crippen molar-refractivity contribution < 1.29 is 9.59 Å². The molecule has 0 saturated heterocycles. The van der Waals surface area contributed by atoms with E-state index in [1.807, 2.05) is 24.3 Å². The third kappa shape index (κ3) is 3.01. The molecule has 170 valence electrons. The average molecular weight is 451 g/mol. The van der Waals surface area contributed by atoms with Crippen LogP contribution >= 0.6 is 0 Å². The number of benzene rings is 2. The fraction of sp³-hybridized carbons (Fsp3) is 0.250. The van der Waals surface area contributed by atoms with Crippen LogP contribution in [0.4, 0.5) is 4.79 Å². The summed E-state index contributed by atoms with van der Waals surface area (Å²) in [5.74, 6) is 2.68. The van der Waals surface area contributed by atoms with Gasteiger partial charge >= 0.3 is 6.03 Å². The first-order valence-corrected chi connectivity index (χ1v) is 11.3. The quantitative estimate of drug-likeness (QED) is 0.438. The minimum Gasteiger partial charge on any atom is -0.357 e. The predicted octanol–water partition coefficient (Wildman–Crippen LogP) is 4.98. The molecule has 0 bridgehead atoms. The number of aromatic nitrogens is 3. The van der Waals surface area contributed by atoms with Gasteiger partial charge in [-0.1, -0.05) is 32.8 Å². The number of ketones is 1. The summed E-state index contributed by atoms with van der Waals surface area (Å²) in [5, 5.41) is 5.16. The molecule has 0 fully saturated rings. The van der Waals surface area contributed by atoms with E-state index in [2.05, 4.69) is 42.8 Å². The second-order valence-electron chi connectivity index (χ2n) is 9.49. The molecule has 6 nitrogen and oxygen atoms in total. The van der Waals surface area contributed by atoms with Crippen molar-refractivity contribution in [2.75, 3.05) is 14.1 Å². The van der Waals surface area contributed by atoms with Gasteiger partial charge in [0.25, 0.3) is 0 Å². The lowest BCUT2D eigenvalue weighted by molar-refractivity contribution is 0.103. The molecule has 2 heterocycles. The van der Waals surface area contributed by atoms with Gasteiger partial charge in [0.1, 0.15) is 0 Å². The third-order valence-electron chi connectivity index (χ3n) is 6.83. The van der Waals surface area contributed by atoms with Gasteiger partial charge in [0, 0.05) is 59.0 Å². The topological polar surface area (TPSA) is 71.0 Å². The van der Waals surface area contributed by atoms with Gasteiger partial charge in [0.2, 0.25) is 0 Å². The first-order valence-electron chi connectivity index (χ1n) is 11.3. The van der Waals surface area contributed by atoms with E-state index in [1.165, 1.54) is 9.58 Å². The number of carbonyl (C=O) groups is 2. The maximum absolute atomic E-state index is 13.8. The number of aromatic amines is 1. The second kappa shape index (κ2) is 7.46. The highest BCUT2D eigenvalue weighted by molar-refractivity contribution is 6.20. The molecule has 1 amide bonds. The molecule has 4 aromatic rings. The molecule has 2 aromatic carbocycles. The smallest absolute Gasteiger partial charge is 0.344 e. The van der Waals surface area contributed by atoms with Gasteiger partial charge in [-0.25, -0.2) is 4.79 Å². The SMILES string of the molecule is C#Cc1ccc2c3c([nH]c2c1)C(C)(C)c1cc(-c2cnn(C(=O)N(C)C)c2)c(CC)cc1C3=O. The van der Waals surface area contributed by atoms with E-state index >= 15 is 0 Å². The fourth-order valence-electron chi connectivity index (χ4n) is 4.94. The molecule has 1 aliphatic carbocycles. The van der Waals surface area contributed by atoms with Crippen LogP contribution in [0.5, 0.6) is 0 Å². The number of fused-ring (bicyclic) bond motifs is 4. The standard InChI is InChI=1S/C28H26N4O2/c1-7-16-9-10-19-23(11-16)30-26-24(19)25(33)21-12-17(8-2)20(13-22(21)28(26,3)4)18-14-29-32(15-18)27(34)31(5)6/h1,9-15,30H,8H2,2-6H3. The van der Waals surface area contributed by atoms with Crippen molar-refractivity contribution >= 4 is 22.7 Å². The Hall–Kier alpha value is -4.11. The van der Waals surface area contributed by atoms with Gasteiger partial charge in [-0.15, -0.1) is 6.42 Å². The Morgan fingerprint density at radius 2 is 1.97 bits per heavy atom. The zero-order chi connectivity index (χ0) is 24.4. The van der Waals surface area contributed by atoms with Crippen LogP contribution < -0.4 is 0 Å². The summed E-state index contributed by atoms with van der Waals surface area (Å²) >= 11 is 0. The maximum atomic E-state index is 13.8. The van der Waals surface area contributed by atoms with Gasteiger partial charge in [-0.3, -0.25) is 4.79 Å². The van der Waals surface area contributed by atoms with Crippen LogP contribution in [0.15, 0.2) is 42.7 Å². The molecule has 6 heteroatoms. The zero-order valence-corrected chi connectivity index (χ0v) is 20.0. The highest BCUT2D eigenvalue weighted by Gasteiger charge is 2.40. The van der Waals surface area contributed by atoms with Gasteiger partial charge in [-0.2, -0.15) is 9.78 Å². The highest BCUT2D eigenvalue weighted by atomic mass is 16.2. The van der Waals surface area contributed by atoms with Gasteiger partial charge in [0.05, 0.1) is 11.8 Å². The van der Waals surface area contributed by atoms with E-state index in [1.54, 1.807) is 26.5 Å². The number of rotatable bonds is 2. The molecule has 2 aromatic heterocycles. The van der Waals surface area contributed by atoms with Gasteiger partial charge in [0.15, 0.2) is 5.78 Å². The van der Waals surface area contributed by atoms with E-state index in [0.717, 1.165) is 62.0 Å². The summed E-state index contributed by atoms with van der Waals surface area (Å²) in [7, 11) is 3.39. The van der Waals surface area contributed by atoms with Crippen molar-refractivity contribution in [2.45, 2.75) is 32.6 Å². The minimum atomic E-state index is -0.440. The van der Waals surface area contributed by atoms with Crippen molar-refractivity contribution in [3.8, 4) is 23.5 Å². The number of nitrogens with zero attached hydrogens (tertiary/aromatic N) is 3. The lowest BCUT2D eigenvalue weighted by Gasteiger charge is -2.33. The number of amides is 1. The molecule has 0 unspecified atom stereocenters. The molecule has 34 heavy (non-hydrogen) atoms. The average Bonchev–Trinajstić information content (AvgIpc) is 3.46. The fourth-order valence-corrected chi connectivity index (χ4v) is 4.94. The maximum Gasteiger partial charge on any atom is 0.344 e. The Labute approximate surface area is 198 Å². The number of terminal acetylenes is 1. The summed E-state index contributed by atoms with van der Waals surface area (Å²) in [6, 6.07) is 9.61. The van der Waals surface area contributed by atoms with Crippen molar-refractivity contribution in [3.63, 3.8) is 0 Å². The van der Waals surface area contributed by atoms with Crippen LogP contribution in [0.3, 0.4) is 0 Å². The Morgan fingerprint density at radius 1 is 1.21 bits per heavy atom. The molecular formula is C28H26N4O2. The van der Waals surface area contributed by atoms with E-state index < -0.39 is 5.41 Å². The van der Waals surface area contributed by atoms with Crippen LogP contribution in [0.25, 0.3) is 22.0 Å². The van der Waals surface area contributed by atoms with Gasteiger partial charge < -0.3 is 9.88 Å². The number of hydrogen-bond donors (Lipinski definition) is 1. The van der Waals surface area contributed by atoms with Crippen LogP contribution in [0.2, 0.25) is 0 Å². The lowest BCUT2D eigenvalue weighted by Crippen LogP contribution is -2.30. The Kier molecular flexibility index (Phi) is 4.76. The third-order valence-corrected chi connectivity index (χ3v) is 6.83. The normalized spacial score (nSPS) is 13.9. The summed E-state index contributed by atoms with van der Waals surface area (Å²) < 4.78 is 1.34. The Morgan fingerprint density at radius 3 is 2.65 bits per heavy atom. The summed E-state index contributed by atoms with van der Waals surface area (Å²) in [5.41, 5.74) is 7.35. The number of nitrogens with one attached hydrogen (secondary N) is 1. The number of hydrogen-bond acceptors (Lipinski definition) is 3. The monoisotopic (exact) mass is 450 g/mol. The van der Waals surface area contributed by atoms with Gasteiger partial charge in [-0.05, 0) is 47.4 Å². The van der Waals surface area contributed by atoms with Crippen LogP contribution in [-0.2, 0) is 11.8 Å². The van der Waals surface area contributed by atoms with E-state index in [-0.39, 0.29) is 11.8 Å². The predicted molar refractivity (Wildman–Crippen MR) is 133 cm³/mol. The molecule has 0 saturated carbocycles. The minimum absolute atomic E-state index is 0.0174. The molecule has 0 radical (unpaired) electrons. The molecule has 0 aliphatic heterocycles. The number of H-pyrrole nitrogens is 1. The second-order valence-corrected chi connectivity index (χ2v) is 9.49. The number of aryl methyl sites for hydroxylation is 1. The molecule has 1 aliphatic rings. The van der Waals surface area contributed by atoms with E-state index in [0.29, 0.717) is 0 Å². The number of carbonyl (C=O) groups excluding carboxylic acids is 2. The Balaban J connectivity index is 1.71. The summed E-state index contributed by atoms with van der Waals surface area (Å²) in [4.78, 5) is 31.1. The molecule has 0 spiro atoms. The molecule has 5 rings (SSSR count). The molecular weight excluding hydrogens is 424 g/mol. The first kappa shape index (κ1) is 21.7. The summed E-state index contributed by atoms with van der Waals surface area (Å²) in [6.45, 7) is 6.32. The lowest BCUT2D eigenvalue weighted by atomic mass is 9.70. The zero-order valence-electron chi connectivity index (χ0n) is 20.0. The molecule has 0 atom stereocenters. The van der Waals surface area contributed by atoms with Crippen LogP contribution in [-0.4, -0.2) is 45.6 Å². The van der Waals surface area contributed by atoms with Crippen LogP contribution in [0, 0.1) is 12.3 Å². The van der Waals surface area contributed by atoms with Crippen molar-refractivity contribution in [3.05, 3.63) is 76.2 Å². The van der Waals surface area contributed by atoms with E-state index in [9.17, 15) is 9.59 Å². The largest absolute Gasteiger partial charge is 0.357 e. The highest BCUT2D eigenvalue weighted by Crippen LogP contribution is 2.45. The van der Waals surface area contributed by atoms with E-state index in [4.69, 9.17) is 6.42 Å². The van der Waals surface area contributed by atoms with Crippen molar-refractivity contribution in [1.82, 2.24) is 19.7 Å². The molecule has 1 N–H and O–H groups in total.